The van der Waals surface area contributed by atoms with Gasteiger partial charge in [0.25, 0.3) is 5.91 Å². The molecule has 4 rings (SSSR count). The minimum atomic E-state index is -0.166. The number of thiophene rings is 1. The second-order valence-electron chi connectivity index (χ2n) is 7.63. The number of nitrogens with one attached hydrogen (secondary N) is 1. The first-order valence-corrected chi connectivity index (χ1v) is 10.9. The number of benzene rings is 1. The molecule has 0 unspecified atom stereocenters. The lowest BCUT2D eigenvalue weighted by molar-refractivity contribution is 0.103. The number of piperidine rings is 1. The Labute approximate surface area is 180 Å². The van der Waals surface area contributed by atoms with Crippen LogP contribution in [0.2, 0.25) is 0 Å². The minimum absolute atomic E-state index is 0.166. The molecule has 0 saturated carbocycles. The maximum Gasteiger partial charge on any atom is 0.266 e. The average molecular weight is 427 g/mol. The van der Waals surface area contributed by atoms with Gasteiger partial charge in [0.2, 0.25) is 0 Å². The third kappa shape index (κ3) is 3.79. The van der Waals surface area contributed by atoms with Gasteiger partial charge in [-0.05, 0) is 43.4 Å². The van der Waals surface area contributed by atoms with Crippen LogP contribution in [-0.4, -0.2) is 43.2 Å². The van der Waals surface area contributed by atoms with Gasteiger partial charge in [0.05, 0.1) is 24.5 Å². The van der Waals surface area contributed by atoms with Crippen LogP contribution in [0.4, 0.5) is 11.5 Å². The fourth-order valence-electron chi connectivity index (χ4n) is 3.83. The number of hydrogen-bond donors (Lipinski definition) is 1. The van der Waals surface area contributed by atoms with Gasteiger partial charge < -0.3 is 19.7 Å². The Morgan fingerprint density at radius 2 is 1.90 bits per heavy atom. The van der Waals surface area contributed by atoms with Crippen molar-refractivity contribution in [2.24, 2.45) is 5.92 Å². The van der Waals surface area contributed by atoms with Gasteiger partial charge in [-0.15, -0.1) is 11.3 Å². The third-order valence-electron chi connectivity index (χ3n) is 5.64. The molecule has 1 aliphatic rings. The molecule has 7 nitrogen and oxygen atoms in total. The van der Waals surface area contributed by atoms with Crippen LogP contribution < -0.4 is 19.7 Å². The number of methoxy groups -OCH3 is 2. The summed E-state index contributed by atoms with van der Waals surface area (Å²) in [5, 5.41) is 3.95. The van der Waals surface area contributed by atoms with Gasteiger partial charge in [-0.2, -0.15) is 0 Å². The number of hydrogen-bond acceptors (Lipinski definition) is 7. The lowest BCUT2D eigenvalue weighted by Crippen LogP contribution is -2.33. The predicted octanol–water partition coefficient (Wildman–Crippen LogP) is 4.51. The lowest BCUT2D eigenvalue weighted by atomic mass is 9.99. The topological polar surface area (TPSA) is 76.6 Å². The molecule has 1 fully saturated rings. The molecule has 3 heterocycles. The number of ether oxygens (including phenoxy) is 2. The summed E-state index contributed by atoms with van der Waals surface area (Å²) in [5.74, 6) is 2.69. The van der Waals surface area contributed by atoms with Gasteiger partial charge in [-0.25, -0.2) is 9.97 Å². The molecule has 158 valence electrons. The Bertz CT molecular complexity index is 1070. The molecule has 0 radical (unpaired) electrons. The second kappa shape index (κ2) is 8.47. The van der Waals surface area contributed by atoms with E-state index in [1.54, 1.807) is 38.7 Å². The normalized spacial score (nSPS) is 14.7. The van der Waals surface area contributed by atoms with E-state index in [1.165, 1.54) is 11.3 Å². The summed E-state index contributed by atoms with van der Waals surface area (Å²) in [6, 6.07) is 5.31. The predicted molar refractivity (Wildman–Crippen MR) is 120 cm³/mol. The van der Waals surface area contributed by atoms with Crippen molar-refractivity contribution in [1.82, 2.24) is 9.97 Å². The van der Waals surface area contributed by atoms with E-state index in [9.17, 15) is 4.79 Å². The maximum absolute atomic E-state index is 13.1. The van der Waals surface area contributed by atoms with Crippen LogP contribution in [-0.2, 0) is 0 Å². The quantitative estimate of drug-likeness (QED) is 0.647. The zero-order valence-electron chi connectivity index (χ0n) is 17.7. The molecule has 1 amide bonds. The first-order valence-electron chi connectivity index (χ1n) is 10.0. The van der Waals surface area contributed by atoms with E-state index in [4.69, 9.17) is 9.47 Å². The van der Waals surface area contributed by atoms with Gasteiger partial charge >= 0.3 is 0 Å². The Hall–Kier alpha value is -2.87. The van der Waals surface area contributed by atoms with Crippen LogP contribution in [0, 0.1) is 12.8 Å². The molecule has 1 N–H and O–H groups in total. The number of nitrogens with zero attached hydrogens (tertiary/aromatic N) is 3. The van der Waals surface area contributed by atoms with Crippen molar-refractivity contribution in [3.05, 3.63) is 35.0 Å². The molecule has 1 aromatic carbocycles. The van der Waals surface area contributed by atoms with E-state index in [0.717, 1.165) is 53.4 Å². The van der Waals surface area contributed by atoms with Crippen molar-refractivity contribution in [1.29, 1.82) is 0 Å². The molecule has 0 atom stereocenters. The van der Waals surface area contributed by atoms with Gasteiger partial charge in [-0.3, -0.25) is 4.79 Å². The largest absolute Gasteiger partial charge is 0.493 e. The Balaban J connectivity index is 1.64. The molecule has 1 saturated heterocycles. The number of fused-ring (bicyclic) bond motifs is 1. The highest BCUT2D eigenvalue weighted by molar-refractivity contribution is 7.20. The SMILES string of the molecule is COc1ccc(NC(=O)c2sc3ncnc(N4CCC(C)CC4)c3c2C)cc1OC. The summed E-state index contributed by atoms with van der Waals surface area (Å²) in [5.41, 5.74) is 1.56. The van der Waals surface area contributed by atoms with Crippen molar-refractivity contribution >= 4 is 39.0 Å². The van der Waals surface area contributed by atoms with E-state index >= 15 is 0 Å². The van der Waals surface area contributed by atoms with Crippen molar-refractivity contribution < 1.29 is 14.3 Å². The average Bonchev–Trinajstić information content (AvgIpc) is 3.11. The molecule has 8 heteroatoms. The van der Waals surface area contributed by atoms with Crippen molar-refractivity contribution in [2.75, 3.05) is 37.5 Å². The number of carbonyl (C=O) groups is 1. The van der Waals surface area contributed by atoms with Gasteiger partial charge in [0.1, 0.15) is 17.0 Å². The second-order valence-corrected chi connectivity index (χ2v) is 8.63. The monoisotopic (exact) mass is 426 g/mol. The zero-order valence-corrected chi connectivity index (χ0v) is 18.5. The number of aromatic nitrogens is 2. The fourth-order valence-corrected chi connectivity index (χ4v) is 4.87. The molecule has 0 spiro atoms. The summed E-state index contributed by atoms with van der Waals surface area (Å²) in [4.78, 5) is 25.9. The van der Waals surface area contributed by atoms with E-state index in [0.29, 0.717) is 22.1 Å². The Kier molecular flexibility index (Phi) is 5.76. The highest BCUT2D eigenvalue weighted by Crippen LogP contribution is 2.37. The minimum Gasteiger partial charge on any atom is -0.493 e. The van der Waals surface area contributed by atoms with Gasteiger partial charge in [-0.1, -0.05) is 6.92 Å². The van der Waals surface area contributed by atoms with Crippen LogP contribution in [0.3, 0.4) is 0 Å². The summed E-state index contributed by atoms with van der Waals surface area (Å²) >= 11 is 1.40. The number of anilines is 2. The molecule has 3 aromatic rings. The first-order chi connectivity index (χ1) is 14.5. The number of rotatable bonds is 5. The third-order valence-corrected chi connectivity index (χ3v) is 6.84. The fraction of sp³-hybridized carbons (Fsp3) is 0.409. The molecule has 30 heavy (non-hydrogen) atoms. The summed E-state index contributed by atoms with van der Waals surface area (Å²) in [7, 11) is 3.15. The van der Waals surface area contributed by atoms with Crippen molar-refractivity contribution in [2.45, 2.75) is 26.7 Å². The van der Waals surface area contributed by atoms with Crippen LogP contribution in [0.5, 0.6) is 11.5 Å². The summed E-state index contributed by atoms with van der Waals surface area (Å²) in [6.45, 7) is 6.23. The molecule has 1 aliphatic heterocycles. The first kappa shape index (κ1) is 20.4. The van der Waals surface area contributed by atoms with Gasteiger partial charge in [0.15, 0.2) is 11.5 Å². The molecular weight excluding hydrogens is 400 g/mol. The van der Waals surface area contributed by atoms with E-state index in [-0.39, 0.29) is 5.91 Å². The standard InChI is InChI=1S/C22H26N4O3S/c1-13-7-9-26(10-8-13)20-18-14(2)19(30-22(18)24-12-23-20)21(27)25-15-5-6-16(28-3)17(11-15)29-4/h5-6,11-13H,7-10H2,1-4H3,(H,25,27). The van der Waals surface area contributed by atoms with E-state index in [2.05, 4.69) is 27.1 Å². The number of carbonyl (C=O) groups excluding carboxylic acids is 1. The van der Waals surface area contributed by atoms with Crippen molar-refractivity contribution in [3.8, 4) is 11.5 Å². The maximum atomic E-state index is 13.1. The van der Waals surface area contributed by atoms with Crippen LogP contribution >= 0.6 is 11.3 Å². The molecule has 0 aliphatic carbocycles. The molecule has 2 aromatic heterocycles. The van der Waals surface area contributed by atoms with E-state index in [1.807, 2.05) is 6.92 Å². The highest BCUT2D eigenvalue weighted by Gasteiger charge is 2.24. The van der Waals surface area contributed by atoms with Crippen LogP contribution in [0.1, 0.15) is 35.0 Å². The molecule has 0 bridgehead atoms. The zero-order chi connectivity index (χ0) is 21.3. The van der Waals surface area contributed by atoms with E-state index < -0.39 is 0 Å². The number of aryl methyl sites for hydroxylation is 1. The smallest absolute Gasteiger partial charge is 0.266 e. The summed E-state index contributed by atoms with van der Waals surface area (Å²) in [6.07, 6.45) is 3.91. The summed E-state index contributed by atoms with van der Waals surface area (Å²) < 4.78 is 10.6. The highest BCUT2D eigenvalue weighted by atomic mass is 32.1. The van der Waals surface area contributed by atoms with Crippen molar-refractivity contribution in [3.63, 3.8) is 0 Å². The Morgan fingerprint density at radius 1 is 1.17 bits per heavy atom. The lowest BCUT2D eigenvalue weighted by Gasteiger charge is -2.31. The molecular formula is C22H26N4O3S. The van der Waals surface area contributed by atoms with Crippen LogP contribution in [0.25, 0.3) is 10.2 Å². The van der Waals surface area contributed by atoms with Gasteiger partial charge in [0, 0.05) is 24.8 Å². The number of amides is 1. The van der Waals surface area contributed by atoms with Crippen LogP contribution in [0.15, 0.2) is 24.5 Å². The Morgan fingerprint density at radius 3 is 2.60 bits per heavy atom.